The smallest absolute Gasteiger partial charge is 0.387 e. The zero-order valence-electron chi connectivity index (χ0n) is 40.5. The highest BCUT2D eigenvalue weighted by atomic mass is 31.2. The number of nitrogens with zero attached hydrogens (tertiary/aromatic N) is 1. The van der Waals surface area contributed by atoms with Gasteiger partial charge in [0.1, 0.15) is 13.2 Å². The maximum atomic E-state index is 12.9. The number of quaternary nitrogens is 1. The van der Waals surface area contributed by atoms with Gasteiger partial charge in [0.2, 0.25) is 5.91 Å². The van der Waals surface area contributed by atoms with Crippen LogP contribution < -0.4 is 5.32 Å². The molecule has 3 N–H and O–H groups in total. The van der Waals surface area contributed by atoms with Crippen molar-refractivity contribution in [1.82, 2.24) is 5.32 Å². The maximum absolute atomic E-state index is 12.9. The highest BCUT2D eigenvalue weighted by Gasteiger charge is 2.27. The van der Waals surface area contributed by atoms with Crippen LogP contribution in [0.3, 0.4) is 0 Å². The Balaban J connectivity index is 4.09. The van der Waals surface area contributed by atoms with Gasteiger partial charge >= 0.3 is 7.82 Å². The van der Waals surface area contributed by atoms with Gasteiger partial charge in [-0.05, 0) is 44.9 Å². The van der Waals surface area contributed by atoms with Crippen LogP contribution in [-0.2, 0) is 18.4 Å². The predicted octanol–water partition coefficient (Wildman–Crippen LogP) is 14.9. The molecule has 0 aliphatic heterocycles. The van der Waals surface area contributed by atoms with Crippen LogP contribution in [0.15, 0.2) is 24.3 Å². The number of allylic oxidation sites excluding steroid dienone is 3. The second-order valence-corrected chi connectivity index (χ2v) is 20.4. The van der Waals surface area contributed by atoms with E-state index in [1.807, 2.05) is 27.2 Å². The van der Waals surface area contributed by atoms with E-state index in [0.717, 1.165) is 38.5 Å². The zero-order chi connectivity index (χ0) is 44.3. The van der Waals surface area contributed by atoms with Crippen molar-refractivity contribution in [2.45, 2.75) is 257 Å². The number of phosphoric ester groups is 1. The van der Waals surface area contributed by atoms with Crippen LogP contribution in [0.25, 0.3) is 0 Å². The Morgan fingerprint density at radius 2 is 0.900 bits per heavy atom. The van der Waals surface area contributed by atoms with Gasteiger partial charge in [-0.1, -0.05) is 218 Å². The Kier molecular flexibility index (Phi) is 42.5. The van der Waals surface area contributed by atoms with Crippen LogP contribution in [0.5, 0.6) is 0 Å². The molecule has 3 unspecified atom stereocenters. The summed E-state index contributed by atoms with van der Waals surface area (Å²) in [6.07, 6.45) is 52.7. The van der Waals surface area contributed by atoms with Gasteiger partial charge in [-0.15, -0.1) is 0 Å². The summed E-state index contributed by atoms with van der Waals surface area (Å²) in [5, 5.41) is 13.8. The number of phosphoric acid groups is 1. The molecule has 0 radical (unpaired) electrons. The summed E-state index contributed by atoms with van der Waals surface area (Å²) in [4.78, 5) is 23.2. The molecule has 0 aliphatic carbocycles. The summed E-state index contributed by atoms with van der Waals surface area (Å²) in [5.74, 6) is -0.176. The van der Waals surface area contributed by atoms with Crippen LogP contribution >= 0.6 is 7.82 Å². The predicted molar refractivity (Wildman–Crippen MR) is 258 cm³/mol. The number of likely N-dealkylation sites (N-methyl/N-ethyl adjacent to an activating group) is 1. The van der Waals surface area contributed by atoms with E-state index >= 15 is 0 Å². The van der Waals surface area contributed by atoms with E-state index in [1.165, 1.54) is 186 Å². The van der Waals surface area contributed by atoms with Crippen LogP contribution in [0.1, 0.15) is 245 Å². The molecule has 0 rings (SSSR count). The van der Waals surface area contributed by atoms with Crippen molar-refractivity contribution in [3.63, 3.8) is 0 Å². The first kappa shape index (κ1) is 59.0. The minimum Gasteiger partial charge on any atom is -0.387 e. The normalized spacial score (nSPS) is 14.3. The highest BCUT2D eigenvalue weighted by molar-refractivity contribution is 7.47. The molecule has 0 fully saturated rings. The number of carbonyl (C=O) groups excluding carboxylic acids is 1. The molecule has 60 heavy (non-hydrogen) atoms. The molecular formula is C51H102N2O6P+. The Bertz CT molecular complexity index is 1030. The lowest BCUT2D eigenvalue weighted by molar-refractivity contribution is -0.870. The number of unbranched alkanes of at least 4 members (excludes halogenated alkanes) is 32. The summed E-state index contributed by atoms with van der Waals surface area (Å²) >= 11 is 0. The summed E-state index contributed by atoms with van der Waals surface area (Å²) in [6.45, 7) is 4.82. The van der Waals surface area contributed by atoms with E-state index in [4.69, 9.17) is 9.05 Å². The number of hydrogen-bond donors (Lipinski definition) is 3. The van der Waals surface area contributed by atoms with Gasteiger partial charge in [0.15, 0.2) is 0 Å². The molecule has 0 saturated heterocycles. The van der Waals surface area contributed by atoms with Crippen molar-refractivity contribution < 1.29 is 32.9 Å². The topological polar surface area (TPSA) is 105 Å². The number of nitrogens with one attached hydrogen (secondary N) is 1. The van der Waals surface area contributed by atoms with E-state index < -0.39 is 20.0 Å². The van der Waals surface area contributed by atoms with E-state index in [2.05, 4.69) is 31.3 Å². The summed E-state index contributed by atoms with van der Waals surface area (Å²) in [6, 6.07) is -0.842. The van der Waals surface area contributed by atoms with Gasteiger partial charge in [0, 0.05) is 6.42 Å². The third kappa shape index (κ3) is 45.0. The lowest BCUT2D eigenvalue weighted by atomic mass is 10.0. The molecule has 8 nitrogen and oxygen atoms in total. The van der Waals surface area contributed by atoms with E-state index in [0.29, 0.717) is 17.4 Å². The monoisotopic (exact) mass is 870 g/mol. The first-order valence-electron chi connectivity index (χ1n) is 25.7. The molecule has 0 aromatic rings. The summed E-state index contributed by atoms with van der Waals surface area (Å²) in [5.41, 5.74) is 0. The van der Waals surface area contributed by atoms with Crippen molar-refractivity contribution >= 4 is 13.7 Å². The first-order chi connectivity index (χ1) is 29.0. The van der Waals surface area contributed by atoms with Crippen LogP contribution in [0.2, 0.25) is 0 Å². The maximum Gasteiger partial charge on any atom is 0.472 e. The third-order valence-corrected chi connectivity index (χ3v) is 12.6. The zero-order valence-corrected chi connectivity index (χ0v) is 41.4. The minimum absolute atomic E-state index is 0.0632. The van der Waals surface area contributed by atoms with Gasteiger partial charge in [-0.25, -0.2) is 4.57 Å². The van der Waals surface area contributed by atoms with Crippen molar-refractivity contribution in [2.75, 3.05) is 40.9 Å². The largest absolute Gasteiger partial charge is 0.472 e. The molecule has 0 aromatic heterocycles. The molecule has 0 bridgehead atoms. The number of aliphatic hydroxyl groups excluding tert-OH is 1. The minimum atomic E-state index is -4.33. The molecule has 0 aliphatic rings. The fourth-order valence-electron chi connectivity index (χ4n) is 7.57. The van der Waals surface area contributed by atoms with Crippen LogP contribution in [0, 0.1) is 0 Å². The molecule has 356 valence electrons. The number of hydrogen-bond acceptors (Lipinski definition) is 5. The second-order valence-electron chi connectivity index (χ2n) is 18.9. The first-order valence-corrected chi connectivity index (χ1v) is 27.2. The van der Waals surface area contributed by atoms with E-state index in [9.17, 15) is 19.4 Å². The quantitative estimate of drug-likeness (QED) is 0.0243. The molecule has 9 heteroatoms. The molecule has 3 atom stereocenters. The average molecular weight is 870 g/mol. The Labute approximate surface area is 373 Å². The van der Waals surface area contributed by atoms with Gasteiger partial charge < -0.3 is 19.8 Å². The van der Waals surface area contributed by atoms with Crippen molar-refractivity contribution in [3.05, 3.63) is 24.3 Å². The molecule has 0 saturated carbocycles. The van der Waals surface area contributed by atoms with Crippen LogP contribution in [-0.4, -0.2) is 73.4 Å². The van der Waals surface area contributed by atoms with Crippen molar-refractivity contribution in [1.29, 1.82) is 0 Å². The van der Waals surface area contributed by atoms with Gasteiger partial charge in [-0.3, -0.25) is 13.8 Å². The lowest BCUT2D eigenvalue weighted by Gasteiger charge is -2.25. The number of carbonyl (C=O) groups is 1. The summed E-state index contributed by atoms with van der Waals surface area (Å²) in [7, 11) is 1.58. The lowest BCUT2D eigenvalue weighted by Crippen LogP contribution is -2.45. The van der Waals surface area contributed by atoms with Crippen molar-refractivity contribution in [2.24, 2.45) is 0 Å². The van der Waals surface area contributed by atoms with E-state index in [-0.39, 0.29) is 19.1 Å². The number of amides is 1. The van der Waals surface area contributed by atoms with Crippen LogP contribution in [0.4, 0.5) is 0 Å². The number of rotatable bonds is 47. The van der Waals surface area contributed by atoms with E-state index in [1.54, 1.807) is 6.08 Å². The van der Waals surface area contributed by atoms with Gasteiger partial charge in [-0.2, -0.15) is 0 Å². The fraction of sp³-hybridized carbons (Fsp3) is 0.902. The number of aliphatic hydroxyl groups is 1. The Morgan fingerprint density at radius 3 is 1.28 bits per heavy atom. The molecule has 0 spiro atoms. The molecular weight excluding hydrogens is 768 g/mol. The molecule has 0 heterocycles. The Hall–Kier alpha value is -1.02. The summed E-state index contributed by atoms with van der Waals surface area (Å²) < 4.78 is 23.6. The standard InChI is InChI=1S/C51H101N2O6P/c1-6-8-10-12-14-16-18-19-20-21-22-23-24-25-26-27-28-29-30-31-32-33-35-37-39-41-43-45-51(55)52-49(48-59-60(56,57)58-47-46-53(3,4)5)50(54)44-42-40-38-36-34-17-15-13-11-9-7-2/h21-22,42,44,49-50,54H,6-20,23-41,43,45-48H2,1-5H3,(H-,52,55,56,57)/p+1/b22-21-,44-42+. The molecule has 1 amide bonds. The van der Waals surface area contributed by atoms with Gasteiger partial charge in [0.25, 0.3) is 0 Å². The highest BCUT2D eigenvalue weighted by Crippen LogP contribution is 2.43. The average Bonchev–Trinajstić information content (AvgIpc) is 3.20. The second kappa shape index (κ2) is 43.2. The van der Waals surface area contributed by atoms with Crippen molar-refractivity contribution in [3.8, 4) is 0 Å². The SMILES string of the molecule is CCCCCCCCCC/C=C\CCCCCCCCCCCCCCCCCC(=O)NC(COP(=O)(O)OCC[N+](C)(C)C)C(O)/C=C/CCCCCCCCCCC. The molecule has 0 aromatic carbocycles. The fourth-order valence-corrected chi connectivity index (χ4v) is 8.30. The Morgan fingerprint density at radius 1 is 0.550 bits per heavy atom. The van der Waals surface area contributed by atoms with Gasteiger partial charge in [0.05, 0.1) is 39.9 Å². The third-order valence-electron chi connectivity index (χ3n) is 11.7.